The molecule has 0 aliphatic rings. The number of carbonyl (C=O) groups excluding carboxylic acids is 1. The fourth-order valence-corrected chi connectivity index (χ4v) is 2.59. The molecule has 0 spiro atoms. The van der Waals surface area contributed by atoms with Crippen LogP contribution in [0.5, 0.6) is 5.75 Å². The molecule has 1 amide bonds. The van der Waals surface area contributed by atoms with Crippen LogP contribution in [-0.4, -0.2) is 42.5 Å². The second kappa shape index (κ2) is 7.60. The van der Waals surface area contributed by atoms with Gasteiger partial charge in [-0.3, -0.25) is 4.79 Å². The van der Waals surface area contributed by atoms with Crippen molar-refractivity contribution in [2.75, 3.05) is 5.73 Å². The Morgan fingerprint density at radius 3 is 2.62 bits per heavy atom. The van der Waals surface area contributed by atoms with Gasteiger partial charge in [0.2, 0.25) is 11.6 Å². The number of carbonyl (C=O) groups is 1. The molecular formula is C18H14N8O3. The first-order chi connectivity index (χ1) is 14.1. The van der Waals surface area contributed by atoms with Gasteiger partial charge in [0.15, 0.2) is 5.69 Å². The van der Waals surface area contributed by atoms with Gasteiger partial charge in [-0.2, -0.15) is 9.78 Å². The average molecular weight is 390 g/mol. The maximum Gasteiger partial charge on any atom is 0.294 e. The van der Waals surface area contributed by atoms with E-state index in [9.17, 15) is 9.90 Å². The molecule has 144 valence electrons. The molecule has 29 heavy (non-hydrogen) atoms. The molecule has 4 N–H and O–H groups in total. The summed E-state index contributed by atoms with van der Waals surface area (Å²) in [5.74, 6) is -0.475. The molecule has 0 saturated carbocycles. The van der Waals surface area contributed by atoms with Gasteiger partial charge >= 0.3 is 0 Å². The van der Waals surface area contributed by atoms with E-state index in [-0.39, 0.29) is 23.1 Å². The number of nitrogens with zero attached hydrogens (tertiary/aromatic N) is 6. The predicted molar refractivity (Wildman–Crippen MR) is 102 cm³/mol. The molecule has 0 bridgehead atoms. The topological polar surface area (TPSA) is 157 Å². The summed E-state index contributed by atoms with van der Waals surface area (Å²) < 4.78 is 5.89. The number of phenols is 1. The molecule has 11 heteroatoms. The molecule has 0 aliphatic carbocycles. The maximum atomic E-state index is 12.7. The molecule has 4 rings (SSSR count). The number of para-hydroxylation sites is 1. The number of benzene rings is 2. The molecule has 2 aromatic carbocycles. The lowest BCUT2D eigenvalue weighted by atomic mass is 10.1. The van der Waals surface area contributed by atoms with Crippen LogP contribution in [0.25, 0.3) is 17.1 Å². The van der Waals surface area contributed by atoms with Gasteiger partial charge in [0, 0.05) is 11.1 Å². The van der Waals surface area contributed by atoms with Crippen molar-refractivity contribution in [2.24, 2.45) is 5.10 Å². The number of aromatic nitrogens is 5. The molecule has 0 unspecified atom stereocenters. The molecule has 0 fully saturated rings. The number of amides is 1. The summed E-state index contributed by atoms with van der Waals surface area (Å²) in [6.07, 6.45) is 1.32. The van der Waals surface area contributed by atoms with Crippen molar-refractivity contribution in [1.29, 1.82) is 0 Å². The Hall–Kier alpha value is -4.54. The Morgan fingerprint density at radius 1 is 1.14 bits per heavy atom. The Morgan fingerprint density at radius 2 is 1.90 bits per heavy atom. The van der Waals surface area contributed by atoms with Crippen molar-refractivity contribution in [3.05, 3.63) is 65.9 Å². The minimum absolute atomic E-state index is 0.00314. The number of hydrazone groups is 1. The summed E-state index contributed by atoms with van der Waals surface area (Å²) in [5, 5.41) is 28.8. The Labute approximate surface area is 163 Å². The summed E-state index contributed by atoms with van der Waals surface area (Å²) in [5.41, 5.74) is 9.55. The van der Waals surface area contributed by atoms with Gasteiger partial charge in [0.1, 0.15) is 11.4 Å². The summed E-state index contributed by atoms with van der Waals surface area (Å²) in [4.78, 5) is 12.7. The smallest absolute Gasteiger partial charge is 0.294 e. The lowest BCUT2D eigenvalue weighted by Crippen LogP contribution is -2.19. The average Bonchev–Trinajstić information content (AvgIpc) is 3.36. The molecule has 0 atom stereocenters. The van der Waals surface area contributed by atoms with Crippen molar-refractivity contribution in [3.8, 4) is 22.8 Å². The molecular weight excluding hydrogens is 376 g/mol. The van der Waals surface area contributed by atoms with Crippen LogP contribution in [0.4, 0.5) is 5.82 Å². The standard InChI is InChI=1S/C18H14N8O3/c19-16-17(24-29-23-16)26-15(11-6-2-1-3-7-11)14(21-25-26)18(28)22-20-10-12-8-4-5-9-13(12)27/h1-10,27H,(H2,19,23)(H,22,28)/b20-10-. The van der Waals surface area contributed by atoms with Crippen molar-refractivity contribution in [3.63, 3.8) is 0 Å². The van der Waals surface area contributed by atoms with Crippen LogP contribution in [0, 0.1) is 0 Å². The van der Waals surface area contributed by atoms with Gasteiger partial charge in [0.25, 0.3) is 5.91 Å². The summed E-state index contributed by atoms with van der Waals surface area (Å²) >= 11 is 0. The van der Waals surface area contributed by atoms with Gasteiger partial charge in [-0.1, -0.05) is 47.7 Å². The number of nitrogens with one attached hydrogen (secondary N) is 1. The molecule has 0 aliphatic heterocycles. The molecule has 2 heterocycles. The van der Waals surface area contributed by atoms with Crippen LogP contribution in [-0.2, 0) is 0 Å². The van der Waals surface area contributed by atoms with E-state index < -0.39 is 5.91 Å². The van der Waals surface area contributed by atoms with E-state index in [2.05, 4.69) is 35.8 Å². The predicted octanol–water partition coefficient (Wildman–Crippen LogP) is 1.37. The number of hydrogen-bond donors (Lipinski definition) is 3. The highest BCUT2D eigenvalue weighted by molar-refractivity contribution is 5.99. The van der Waals surface area contributed by atoms with Crippen LogP contribution >= 0.6 is 0 Å². The van der Waals surface area contributed by atoms with Crippen molar-refractivity contribution in [1.82, 2.24) is 30.7 Å². The third kappa shape index (κ3) is 3.51. The van der Waals surface area contributed by atoms with Gasteiger partial charge in [0.05, 0.1) is 6.21 Å². The summed E-state index contributed by atoms with van der Waals surface area (Å²) in [6, 6.07) is 15.6. The molecule has 4 aromatic rings. The Bertz CT molecular complexity index is 1180. The van der Waals surface area contributed by atoms with E-state index in [4.69, 9.17) is 5.73 Å². The minimum Gasteiger partial charge on any atom is -0.507 e. The fraction of sp³-hybridized carbons (Fsp3) is 0. The molecule has 2 aromatic heterocycles. The lowest BCUT2D eigenvalue weighted by molar-refractivity contribution is 0.0950. The lowest BCUT2D eigenvalue weighted by Gasteiger charge is -2.05. The first-order valence-electron chi connectivity index (χ1n) is 8.36. The second-order valence-electron chi connectivity index (χ2n) is 5.80. The molecule has 0 saturated heterocycles. The van der Waals surface area contributed by atoms with E-state index in [1.54, 1.807) is 42.5 Å². The zero-order chi connectivity index (χ0) is 20.2. The number of nitrogens with two attached hydrogens (primary N) is 1. The third-order valence-electron chi connectivity index (χ3n) is 3.94. The van der Waals surface area contributed by atoms with E-state index in [1.807, 2.05) is 6.07 Å². The molecule has 0 radical (unpaired) electrons. The Balaban J connectivity index is 1.68. The number of nitrogen functional groups attached to an aromatic ring is 1. The molecule has 11 nitrogen and oxygen atoms in total. The number of aromatic hydroxyl groups is 1. The van der Waals surface area contributed by atoms with Crippen molar-refractivity contribution >= 4 is 17.9 Å². The highest BCUT2D eigenvalue weighted by Crippen LogP contribution is 2.26. The van der Waals surface area contributed by atoms with E-state index in [0.29, 0.717) is 16.8 Å². The minimum atomic E-state index is -0.614. The number of rotatable bonds is 5. The SMILES string of the molecule is Nc1nonc1-n1nnc(C(=O)N/N=C\c2ccccc2O)c1-c1ccccc1. The summed E-state index contributed by atoms with van der Waals surface area (Å²) in [6.45, 7) is 0. The zero-order valence-electron chi connectivity index (χ0n) is 14.8. The van der Waals surface area contributed by atoms with Gasteiger partial charge in [-0.25, -0.2) is 10.1 Å². The number of hydrogen-bond acceptors (Lipinski definition) is 9. The van der Waals surface area contributed by atoms with Gasteiger partial charge in [-0.05, 0) is 22.4 Å². The number of anilines is 1. The van der Waals surface area contributed by atoms with Crippen LogP contribution in [0.15, 0.2) is 64.3 Å². The van der Waals surface area contributed by atoms with E-state index in [0.717, 1.165) is 0 Å². The van der Waals surface area contributed by atoms with Crippen LogP contribution in [0.1, 0.15) is 16.1 Å². The normalized spacial score (nSPS) is 11.0. The fourth-order valence-electron chi connectivity index (χ4n) is 2.59. The third-order valence-corrected chi connectivity index (χ3v) is 3.94. The highest BCUT2D eigenvalue weighted by atomic mass is 16.6. The highest BCUT2D eigenvalue weighted by Gasteiger charge is 2.24. The van der Waals surface area contributed by atoms with Crippen molar-refractivity contribution in [2.45, 2.75) is 0 Å². The largest absolute Gasteiger partial charge is 0.507 e. The first-order valence-corrected chi connectivity index (χ1v) is 8.36. The quantitative estimate of drug-likeness (QED) is 0.340. The van der Waals surface area contributed by atoms with Crippen LogP contribution < -0.4 is 11.2 Å². The summed E-state index contributed by atoms with van der Waals surface area (Å²) in [7, 11) is 0. The maximum absolute atomic E-state index is 12.7. The Kier molecular flexibility index (Phi) is 4.68. The van der Waals surface area contributed by atoms with E-state index in [1.165, 1.54) is 17.0 Å². The van der Waals surface area contributed by atoms with Gasteiger partial charge in [-0.15, -0.1) is 5.10 Å². The van der Waals surface area contributed by atoms with Crippen molar-refractivity contribution < 1.29 is 14.5 Å². The number of phenolic OH excluding ortho intramolecular Hbond substituents is 1. The van der Waals surface area contributed by atoms with Crippen LogP contribution in [0.3, 0.4) is 0 Å². The monoisotopic (exact) mass is 390 g/mol. The van der Waals surface area contributed by atoms with Gasteiger partial charge < -0.3 is 10.8 Å². The van der Waals surface area contributed by atoms with E-state index >= 15 is 0 Å². The first kappa shape index (κ1) is 17.9. The van der Waals surface area contributed by atoms with Crippen LogP contribution in [0.2, 0.25) is 0 Å². The second-order valence-corrected chi connectivity index (χ2v) is 5.80. The zero-order valence-corrected chi connectivity index (χ0v) is 14.8.